The quantitative estimate of drug-likeness (QED) is 0.860. The van der Waals surface area contributed by atoms with Crippen molar-refractivity contribution in [2.24, 2.45) is 0 Å². The van der Waals surface area contributed by atoms with Gasteiger partial charge in [-0.15, -0.1) is 0 Å². The molecule has 0 saturated heterocycles. The highest BCUT2D eigenvalue weighted by atomic mass is 19.1. The fourth-order valence-corrected chi connectivity index (χ4v) is 1.32. The van der Waals surface area contributed by atoms with Gasteiger partial charge < -0.3 is 5.32 Å². The fourth-order valence-electron chi connectivity index (χ4n) is 1.32. The highest BCUT2D eigenvalue weighted by molar-refractivity contribution is 5.44. The summed E-state index contributed by atoms with van der Waals surface area (Å²) in [6.07, 6.45) is 1.66. The Morgan fingerprint density at radius 2 is 2.00 bits per heavy atom. The van der Waals surface area contributed by atoms with Gasteiger partial charge >= 0.3 is 0 Å². The highest BCUT2D eigenvalue weighted by Gasteiger charge is 2.02. The van der Waals surface area contributed by atoms with Gasteiger partial charge in [0, 0.05) is 12.3 Å². The molecule has 0 bridgehead atoms. The van der Waals surface area contributed by atoms with E-state index in [1.54, 1.807) is 6.20 Å². The summed E-state index contributed by atoms with van der Waals surface area (Å²) in [5.41, 5.74) is 1.07. The molecule has 0 fully saturated rings. The number of nitrogens with zero attached hydrogens (tertiary/aromatic N) is 1. The van der Waals surface area contributed by atoms with E-state index in [9.17, 15) is 8.78 Å². The number of halogens is 2. The van der Waals surface area contributed by atoms with Crippen LogP contribution in [0.1, 0.15) is 5.69 Å². The Kier molecular flexibility index (Phi) is 3.10. The summed E-state index contributed by atoms with van der Waals surface area (Å²) < 4.78 is 25.9. The molecule has 0 atom stereocenters. The number of hydrogen-bond acceptors (Lipinski definition) is 2. The Hall–Kier alpha value is -1.97. The minimum Gasteiger partial charge on any atom is -0.377 e. The molecule has 16 heavy (non-hydrogen) atoms. The summed E-state index contributed by atoms with van der Waals surface area (Å²) in [5.74, 6) is -1.18. The summed E-state index contributed by atoms with van der Waals surface area (Å²) in [6.45, 7) is 0.406. The van der Waals surface area contributed by atoms with Gasteiger partial charge in [0.15, 0.2) is 0 Å². The molecule has 0 amide bonds. The van der Waals surface area contributed by atoms with Crippen LogP contribution in [0.5, 0.6) is 0 Å². The van der Waals surface area contributed by atoms with E-state index < -0.39 is 11.6 Å². The zero-order valence-electron chi connectivity index (χ0n) is 8.45. The minimum atomic E-state index is -0.601. The number of aromatic nitrogens is 1. The normalized spacial score (nSPS) is 10.1. The van der Waals surface area contributed by atoms with Crippen molar-refractivity contribution in [3.05, 3.63) is 59.9 Å². The summed E-state index contributed by atoms with van der Waals surface area (Å²) >= 11 is 0. The van der Waals surface area contributed by atoms with Crippen LogP contribution in [0.15, 0.2) is 42.6 Å². The second kappa shape index (κ2) is 4.70. The van der Waals surface area contributed by atoms with Crippen molar-refractivity contribution in [1.29, 1.82) is 0 Å². The van der Waals surface area contributed by atoms with E-state index in [0.29, 0.717) is 6.54 Å². The molecule has 0 radical (unpaired) electrons. The molecule has 1 heterocycles. The fraction of sp³-hybridized carbons (Fsp3) is 0.0833. The molecule has 2 aromatic rings. The van der Waals surface area contributed by atoms with E-state index in [2.05, 4.69) is 10.3 Å². The van der Waals surface area contributed by atoms with Crippen LogP contribution in [-0.4, -0.2) is 4.98 Å². The van der Waals surface area contributed by atoms with Gasteiger partial charge in [-0.1, -0.05) is 6.07 Å². The predicted molar refractivity (Wildman–Crippen MR) is 57.9 cm³/mol. The predicted octanol–water partition coefficient (Wildman–Crippen LogP) is 2.97. The van der Waals surface area contributed by atoms with Gasteiger partial charge in [0.2, 0.25) is 0 Å². The smallest absolute Gasteiger partial charge is 0.149 e. The first-order chi connectivity index (χ1) is 7.75. The van der Waals surface area contributed by atoms with Crippen LogP contribution in [0.4, 0.5) is 14.5 Å². The van der Waals surface area contributed by atoms with Crippen molar-refractivity contribution in [2.45, 2.75) is 6.54 Å². The van der Waals surface area contributed by atoms with Crippen molar-refractivity contribution >= 4 is 5.69 Å². The second-order valence-electron chi connectivity index (χ2n) is 3.30. The van der Waals surface area contributed by atoms with Crippen LogP contribution in [-0.2, 0) is 6.54 Å². The molecule has 2 nitrogen and oxygen atoms in total. The first-order valence-electron chi connectivity index (χ1n) is 4.84. The lowest BCUT2D eigenvalue weighted by Gasteiger charge is -2.06. The molecule has 82 valence electrons. The second-order valence-corrected chi connectivity index (χ2v) is 3.30. The van der Waals surface area contributed by atoms with E-state index in [-0.39, 0.29) is 5.69 Å². The zero-order chi connectivity index (χ0) is 11.4. The molecular formula is C12H10F2N2. The number of benzene rings is 1. The molecule has 0 aliphatic heterocycles. The Balaban J connectivity index is 2.05. The van der Waals surface area contributed by atoms with Crippen LogP contribution >= 0.6 is 0 Å². The van der Waals surface area contributed by atoms with Crippen molar-refractivity contribution in [2.75, 3.05) is 5.32 Å². The van der Waals surface area contributed by atoms with Gasteiger partial charge in [-0.25, -0.2) is 8.78 Å². The number of anilines is 1. The third-order valence-electron chi connectivity index (χ3n) is 2.12. The van der Waals surface area contributed by atoms with Crippen LogP contribution < -0.4 is 5.32 Å². The zero-order valence-corrected chi connectivity index (χ0v) is 8.45. The number of hydrogen-bond donors (Lipinski definition) is 1. The monoisotopic (exact) mass is 220 g/mol. The van der Waals surface area contributed by atoms with E-state index in [0.717, 1.165) is 11.8 Å². The number of rotatable bonds is 3. The molecule has 0 spiro atoms. The summed E-state index contributed by atoms with van der Waals surface area (Å²) in [5, 5.41) is 2.85. The van der Waals surface area contributed by atoms with Gasteiger partial charge in [0.05, 0.1) is 17.9 Å². The average molecular weight is 220 g/mol. The molecule has 1 N–H and O–H groups in total. The standard InChI is InChI=1S/C12H10F2N2/c13-9-4-5-12(11(14)7-9)16-8-10-3-1-2-6-15-10/h1-7,16H,8H2. The molecule has 0 aliphatic rings. The van der Waals surface area contributed by atoms with E-state index in [1.807, 2.05) is 18.2 Å². The van der Waals surface area contributed by atoms with Crippen molar-refractivity contribution < 1.29 is 8.78 Å². The van der Waals surface area contributed by atoms with Crippen molar-refractivity contribution in [3.63, 3.8) is 0 Å². The van der Waals surface area contributed by atoms with Crippen molar-refractivity contribution in [1.82, 2.24) is 4.98 Å². The van der Waals surface area contributed by atoms with Crippen LogP contribution in [0.25, 0.3) is 0 Å². The highest BCUT2D eigenvalue weighted by Crippen LogP contribution is 2.15. The first-order valence-corrected chi connectivity index (χ1v) is 4.84. The van der Waals surface area contributed by atoms with Crippen molar-refractivity contribution in [3.8, 4) is 0 Å². The Morgan fingerprint density at radius 1 is 1.12 bits per heavy atom. The van der Waals surface area contributed by atoms with Crippen LogP contribution in [0.3, 0.4) is 0 Å². The molecule has 0 unspecified atom stereocenters. The summed E-state index contributed by atoms with van der Waals surface area (Å²) in [4.78, 5) is 4.08. The average Bonchev–Trinajstić information content (AvgIpc) is 2.29. The largest absolute Gasteiger partial charge is 0.377 e. The van der Waals surface area contributed by atoms with E-state index in [1.165, 1.54) is 12.1 Å². The van der Waals surface area contributed by atoms with Gasteiger partial charge in [0.1, 0.15) is 11.6 Å². The molecule has 1 aromatic heterocycles. The van der Waals surface area contributed by atoms with Crippen LogP contribution in [0.2, 0.25) is 0 Å². The van der Waals surface area contributed by atoms with E-state index in [4.69, 9.17) is 0 Å². The molecular weight excluding hydrogens is 210 g/mol. The minimum absolute atomic E-state index is 0.270. The molecule has 1 aromatic carbocycles. The Morgan fingerprint density at radius 3 is 2.69 bits per heavy atom. The molecule has 4 heteroatoms. The molecule has 0 aliphatic carbocycles. The molecule has 0 saturated carbocycles. The van der Waals surface area contributed by atoms with Gasteiger partial charge in [-0.05, 0) is 24.3 Å². The van der Waals surface area contributed by atoms with Gasteiger partial charge in [-0.3, -0.25) is 4.98 Å². The molecule has 2 rings (SSSR count). The lowest BCUT2D eigenvalue weighted by atomic mass is 10.3. The SMILES string of the molecule is Fc1ccc(NCc2ccccn2)c(F)c1. The lowest BCUT2D eigenvalue weighted by molar-refractivity contribution is 0.585. The third kappa shape index (κ3) is 2.53. The van der Waals surface area contributed by atoms with Gasteiger partial charge in [-0.2, -0.15) is 0 Å². The maximum Gasteiger partial charge on any atom is 0.149 e. The topological polar surface area (TPSA) is 24.9 Å². The number of nitrogens with one attached hydrogen (secondary N) is 1. The lowest BCUT2D eigenvalue weighted by Crippen LogP contribution is -2.03. The van der Waals surface area contributed by atoms with Gasteiger partial charge in [0.25, 0.3) is 0 Å². The maximum absolute atomic E-state index is 13.2. The summed E-state index contributed by atoms with van der Waals surface area (Å²) in [7, 11) is 0. The van der Waals surface area contributed by atoms with Crippen LogP contribution in [0, 0.1) is 11.6 Å². The summed E-state index contributed by atoms with van der Waals surface area (Å²) in [6, 6.07) is 8.92. The third-order valence-corrected chi connectivity index (χ3v) is 2.12. The first kappa shape index (κ1) is 10.5. The Bertz CT molecular complexity index is 472. The van der Waals surface area contributed by atoms with E-state index >= 15 is 0 Å². The number of pyridine rings is 1. The Labute approximate surface area is 92.0 Å². The maximum atomic E-state index is 13.2.